The van der Waals surface area contributed by atoms with E-state index in [0.29, 0.717) is 13.0 Å². The summed E-state index contributed by atoms with van der Waals surface area (Å²) in [5.41, 5.74) is 3.19. The fourth-order valence-corrected chi connectivity index (χ4v) is 4.69. The highest BCUT2D eigenvalue weighted by Crippen LogP contribution is 2.22. The van der Waals surface area contributed by atoms with Gasteiger partial charge in [0.05, 0.1) is 5.75 Å². The summed E-state index contributed by atoms with van der Waals surface area (Å²) in [6.07, 6.45) is 1.29. The molecule has 0 radical (unpaired) electrons. The molecule has 1 N–H and O–H groups in total. The number of amides is 2. The largest absolute Gasteiger partial charge is 0.352 e. The van der Waals surface area contributed by atoms with Crippen molar-refractivity contribution in [3.63, 3.8) is 0 Å². The van der Waals surface area contributed by atoms with E-state index in [1.54, 1.807) is 4.90 Å². The lowest BCUT2D eigenvalue weighted by molar-refractivity contribution is -0.139. The zero-order valence-electron chi connectivity index (χ0n) is 20.5. The van der Waals surface area contributed by atoms with Gasteiger partial charge in [0.2, 0.25) is 11.8 Å². The lowest BCUT2D eigenvalue weighted by Gasteiger charge is -2.32. The SMILES string of the molecule is CC[C@H](C)NC(=O)[C@H](Cc1ccccc1)N(Cc1ccc(Br)cc1)C(=O)CSc1ccc(C)cc1. The molecule has 0 spiro atoms. The van der Waals surface area contributed by atoms with Crippen molar-refractivity contribution in [2.24, 2.45) is 0 Å². The second kappa shape index (κ2) is 13.5. The van der Waals surface area contributed by atoms with Gasteiger partial charge in [0, 0.05) is 28.4 Å². The molecule has 0 aliphatic carbocycles. The second-order valence-corrected chi connectivity index (χ2v) is 10.7. The Bertz CT molecular complexity index is 1090. The summed E-state index contributed by atoms with van der Waals surface area (Å²) < 4.78 is 0.976. The molecule has 2 amide bonds. The average molecular weight is 554 g/mol. The van der Waals surface area contributed by atoms with E-state index in [9.17, 15) is 9.59 Å². The van der Waals surface area contributed by atoms with Crippen LogP contribution in [0.3, 0.4) is 0 Å². The number of nitrogens with one attached hydrogen (secondary N) is 1. The number of hydrogen-bond donors (Lipinski definition) is 1. The molecule has 3 aromatic rings. The van der Waals surface area contributed by atoms with Gasteiger partial charge < -0.3 is 10.2 Å². The first kappa shape index (κ1) is 27.0. The van der Waals surface area contributed by atoms with E-state index >= 15 is 0 Å². The van der Waals surface area contributed by atoms with E-state index < -0.39 is 6.04 Å². The van der Waals surface area contributed by atoms with Crippen LogP contribution in [0.15, 0.2) is 88.2 Å². The molecule has 0 saturated carbocycles. The van der Waals surface area contributed by atoms with Gasteiger partial charge >= 0.3 is 0 Å². The average Bonchev–Trinajstić information content (AvgIpc) is 2.87. The first-order chi connectivity index (χ1) is 16.9. The van der Waals surface area contributed by atoms with Gasteiger partial charge in [0.15, 0.2) is 0 Å². The molecule has 0 saturated heterocycles. The maximum absolute atomic E-state index is 13.7. The summed E-state index contributed by atoms with van der Waals surface area (Å²) in [6.45, 7) is 6.45. The number of rotatable bonds is 11. The number of halogens is 1. The third kappa shape index (κ3) is 8.55. The van der Waals surface area contributed by atoms with Gasteiger partial charge in [-0.15, -0.1) is 11.8 Å². The number of aryl methyl sites for hydroxylation is 1. The molecule has 0 fully saturated rings. The summed E-state index contributed by atoms with van der Waals surface area (Å²) in [6, 6.07) is 25.4. The maximum Gasteiger partial charge on any atom is 0.243 e. The predicted molar refractivity (Wildman–Crippen MR) is 148 cm³/mol. The highest BCUT2D eigenvalue weighted by atomic mass is 79.9. The molecule has 0 unspecified atom stereocenters. The Hall–Kier alpha value is -2.57. The van der Waals surface area contributed by atoms with Crippen molar-refractivity contribution in [2.45, 2.75) is 57.1 Å². The van der Waals surface area contributed by atoms with Gasteiger partial charge in [-0.25, -0.2) is 0 Å². The molecular weight excluding hydrogens is 520 g/mol. The summed E-state index contributed by atoms with van der Waals surface area (Å²) in [5.74, 6) is 0.0920. The van der Waals surface area contributed by atoms with E-state index in [0.717, 1.165) is 26.9 Å². The molecule has 0 aromatic heterocycles. The predicted octanol–water partition coefficient (Wildman–Crippen LogP) is 6.40. The van der Waals surface area contributed by atoms with E-state index in [2.05, 4.69) is 21.2 Å². The number of nitrogens with zero attached hydrogens (tertiary/aromatic N) is 1. The third-order valence-electron chi connectivity index (χ3n) is 5.92. The van der Waals surface area contributed by atoms with Gasteiger partial charge in [-0.2, -0.15) is 0 Å². The van der Waals surface area contributed by atoms with Crippen molar-refractivity contribution in [1.82, 2.24) is 10.2 Å². The van der Waals surface area contributed by atoms with Crippen LogP contribution in [-0.2, 0) is 22.6 Å². The second-order valence-electron chi connectivity index (χ2n) is 8.77. The van der Waals surface area contributed by atoms with E-state index in [1.165, 1.54) is 17.3 Å². The van der Waals surface area contributed by atoms with Crippen LogP contribution in [0, 0.1) is 6.92 Å². The Balaban J connectivity index is 1.89. The number of hydrogen-bond acceptors (Lipinski definition) is 3. The van der Waals surface area contributed by atoms with Crippen LogP contribution >= 0.6 is 27.7 Å². The quantitative estimate of drug-likeness (QED) is 0.280. The van der Waals surface area contributed by atoms with Crippen LogP contribution in [0.2, 0.25) is 0 Å². The van der Waals surface area contributed by atoms with Crippen molar-refractivity contribution >= 4 is 39.5 Å². The van der Waals surface area contributed by atoms with Crippen molar-refractivity contribution in [3.8, 4) is 0 Å². The molecule has 0 aliphatic heterocycles. The number of thioether (sulfide) groups is 1. The van der Waals surface area contributed by atoms with Crippen molar-refractivity contribution in [1.29, 1.82) is 0 Å². The molecule has 3 rings (SSSR count). The van der Waals surface area contributed by atoms with Gasteiger partial charge in [0.25, 0.3) is 0 Å². The van der Waals surface area contributed by atoms with Crippen LogP contribution in [0.1, 0.15) is 37.0 Å². The molecule has 184 valence electrons. The third-order valence-corrected chi connectivity index (χ3v) is 7.45. The molecule has 0 heterocycles. The number of benzene rings is 3. The first-order valence-corrected chi connectivity index (χ1v) is 13.7. The molecule has 6 heteroatoms. The minimum atomic E-state index is -0.610. The fraction of sp³-hybridized carbons (Fsp3) is 0.310. The molecule has 3 aromatic carbocycles. The van der Waals surface area contributed by atoms with Gasteiger partial charge in [-0.05, 0) is 55.7 Å². The Morgan fingerprint density at radius 3 is 2.23 bits per heavy atom. The minimum Gasteiger partial charge on any atom is -0.352 e. The fourth-order valence-electron chi connectivity index (χ4n) is 3.64. The summed E-state index contributed by atoms with van der Waals surface area (Å²) >= 11 is 4.98. The zero-order chi connectivity index (χ0) is 25.2. The smallest absolute Gasteiger partial charge is 0.243 e. The number of carbonyl (C=O) groups excluding carboxylic acids is 2. The highest BCUT2D eigenvalue weighted by Gasteiger charge is 2.31. The summed E-state index contributed by atoms with van der Waals surface area (Å²) in [5, 5.41) is 3.11. The Morgan fingerprint density at radius 2 is 1.60 bits per heavy atom. The molecule has 2 atom stereocenters. The van der Waals surface area contributed by atoms with Crippen LogP contribution in [-0.4, -0.2) is 34.6 Å². The van der Waals surface area contributed by atoms with E-state index in [4.69, 9.17) is 0 Å². The Kier molecular flexibility index (Phi) is 10.4. The van der Waals surface area contributed by atoms with E-state index in [1.807, 2.05) is 99.6 Å². The van der Waals surface area contributed by atoms with E-state index in [-0.39, 0.29) is 23.6 Å². The standard InChI is InChI=1S/C29H33BrN2O2S/c1-4-22(3)31-29(34)27(18-23-8-6-5-7-9-23)32(19-24-12-14-25(30)15-13-24)28(33)20-35-26-16-10-21(2)11-17-26/h5-17,22,27H,4,18-20H2,1-3H3,(H,31,34)/t22-,27-/m0/s1. The first-order valence-electron chi connectivity index (χ1n) is 11.9. The number of carbonyl (C=O) groups is 2. The molecule has 0 aliphatic rings. The Labute approximate surface area is 221 Å². The normalized spacial score (nSPS) is 12.6. The molecule has 35 heavy (non-hydrogen) atoms. The topological polar surface area (TPSA) is 49.4 Å². The minimum absolute atomic E-state index is 0.0346. The van der Waals surface area contributed by atoms with Crippen molar-refractivity contribution in [3.05, 3.63) is 100 Å². The summed E-state index contributed by atoms with van der Waals surface area (Å²) in [7, 11) is 0. The van der Waals surface area contributed by atoms with Gasteiger partial charge in [-0.3, -0.25) is 9.59 Å². The lowest BCUT2D eigenvalue weighted by atomic mass is 10.0. The lowest BCUT2D eigenvalue weighted by Crippen LogP contribution is -2.52. The van der Waals surface area contributed by atoms with Crippen molar-refractivity contribution in [2.75, 3.05) is 5.75 Å². The van der Waals surface area contributed by atoms with Crippen LogP contribution in [0.4, 0.5) is 0 Å². The molecule has 0 bridgehead atoms. The van der Waals surface area contributed by atoms with Gasteiger partial charge in [-0.1, -0.05) is 83.0 Å². The monoisotopic (exact) mass is 552 g/mol. The Morgan fingerprint density at radius 1 is 0.943 bits per heavy atom. The summed E-state index contributed by atoms with van der Waals surface area (Å²) in [4.78, 5) is 29.9. The molecule has 4 nitrogen and oxygen atoms in total. The van der Waals surface area contributed by atoms with Crippen LogP contribution < -0.4 is 5.32 Å². The van der Waals surface area contributed by atoms with Crippen LogP contribution in [0.25, 0.3) is 0 Å². The van der Waals surface area contributed by atoms with Gasteiger partial charge in [0.1, 0.15) is 6.04 Å². The van der Waals surface area contributed by atoms with Crippen LogP contribution in [0.5, 0.6) is 0 Å². The zero-order valence-corrected chi connectivity index (χ0v) is 22.9. The molecular formula is C29H33BrN2O2S. The highest BCUT2D eigenvalue weighted by molar-refractivity contribution is 9.10. The maximum atomic E-state index is 13.7. The van der Waals surface area contributed by atoms with Crippen molar-refractivity contribution < 1.29 is 9.59 Å².